The van der Waals surface area contributed by atoms with Crippen LogP contribution in [0.5, 0.6) is 5.75 Å². The van der Waals surface area contributed by atoms with Gasteiger partial charge in [0.15, 0.2) is 5.69 Å². The van der Waals surface area contributed by atoms with Gasteiger partial charge in [0.2, 0.25) is 5.82 Å². The number of alkyl halides is 3. The number of rotatable bonds is 9. The Hall–Kier alpha value is -3.70. The van der Waals surface area contributed by atoms with Crippen molar-refractivity contribution >= 4 is 0 Å². The van der Waals surface area contributed by atoms with Gasteiger partial charge in [-0.2, -0.15) is 10.1 Å². The zero-order valence-electron chi connectivity index (χ0n) is 21.6. The van der Waals surface area contributed by atoms with Gasteiger partial charge in [0, 0.05) is 24.3 Å². The van der Waals surface area contributed by atoms with Crippen molar-refractivity contribution in [3.63, 3.8) is 0 Å². The summed E-state index contributed by atoms with van der Waals surface area (Å²) in [6.07, 6.45) is -1.04. The van der Waals surface area contributed by atoms with Gasteiger partial charge in [-0.1, -0.05) is 29.4 Å². The predicted molar refractivity (Wildman–Crippen MR) is 138 cm³/mol. The summed E-state index contributed by atoms with van der Waals surface area (Å²) < 4.78 is 48.3. The van der Waals surface area contributed by atoms with Gasteiger partial charge in [-0.25, -0.2) is 0 Å². The van der Waals surface area contributed by atoms with Gasteiger partial charge < -0.3 is 19.3 Å². The number of benzene rings is 2. The van der Waals surface area contributed by atoms with Gasteiger partial charge >= 0.3 is 6.36 Å². The van der Waals surface area contributed by atoms with Gasteiger partial charge in [0.1, 0.15) is 5.75 Å². The largest absolute Gasteiger partial charge is 0.573 e. The number of aliphatic hydroxyl groups excluding tert-OH is 1. The normalized spacial score (nSPS) is 15.1. The molecule has 0 atom stereocenters. The Labute approximate surface area is 224 Å². The molecule has 0 spiro atoms. The second kappa shape index (κ2) is 11.6. The zero-order valence-corrected chi connectivity index (χ0v) is 21.6. The van der Waals surface area contributed by atoms with Gasteiger partial charge in [0.25, 0.3) is 5.89 Å². The average Bonchev–Trinajstić information content (AvgIpc) is 3.53. The van der Waals surface area contributed by atoms with Crippen molar-refractivity contribution in [2.45, 2.75) is 51.6 Å². The summed E-state index contributed by atoms with van der Waals surface area (Å²) in [7, 11) is 0. The van der Waals surface area contributed by atoms with Crippen molar-refractivity contribution in [2.75, 3.05) is 19.6 Å². The fourth-order valence-electron chi connectivity index (χ4n) is 4.66. The quantitative estimate of drug-likeness (QED) is 0.310. The number of hydrogen-bond donors (Lipinski definition) is 1. The monoisotopic (exact) mass is 541 g/mol. The van der Waals surface area contributed by atoms with E-state index in [1.165, 1.54) is 29.8 Å². The predicted octanol–water partition coefficient (Wildman–Crippen LogP) is 5.24. The number of ether oxygens (including phenoxy) is 1. The smallest absolute Gasteiger partial charge is 0.406 e. The van der Waals surface area contributed by atoms with E-state index >= 15 is 0 Å². The number of piperidine rings is 1. The molecule has 1 aliphatic heterocycles. The molecule has 0 radical (unpaired) electrons. The van der Waals surface area contributed by atoms with Crippen molar-refractivity contribution in [1.82, 2.24) is 24.8 Å². The number of halogens is 3. The molecule has 39 heavy (non-hydrogen) atoms. The van der Waals surface area contributed by atoms with Crippen LogP contribution in [0, 0.1) is 6.92 Å². The van der Waals surface area contributed by atoms with Crippen LogP contribution in [0.3, 0.4) is 0 Å². The van der Waals surface area contributed by atoms with Crippen molar-refractivity contribution in [2.24, 2.45) is 0 Å². The summed E-state index contributed by atoms with van der Waals surface area (Å²) in [4.78, 5) is 6.79. The standard InChI is InChI=1S/C28H30F3N5O3/c1-19-17-25(27-32-26(34-39-27)22-8-10-24(11-9-22)38-28(29,30)31)33-36(19)18-21-6-4-20(5-7-21)3-2-14-35-15-12-23(37)13-16-35/h4-11,17,23,37H,2-3,12-16,18H2,1H3. The second-order valence-electron chi connectivity index (χ2n) is 9.82. The average molecular weight is 542 g/mol. The van der Waals surface area contributed by atoms with E-state index in [0.717, 1.165) is 56.6 Å². The van der Waals surface area contributed by atoms with E-state index in [1.807, 2.05) is 17.7 Å². The van der Waals surface area contributed by atoms with Crippen LogP contribution in [0.25, 0.3) is 23.0 Å². The number of likely N-dealkylation sites (tertiary alicyclic amines) is 1. The molecule has 8 nitrogen and oxygen atoms in total. The first-order valence-electron chi connectivity index (χ1n) is 12.9. The van der Waals surface area contributed by atoms with Crippen molar-refractivity contribution in [3.05, 3.63) is 71.4 Å². The van der Waals surface area contributed by atoms with Crippen molar-refractivity contribution in [3.8, 4) is 28.7 Å². The first-order chi connectivity index (χ1) is 18.7. The fourth-order valence-corrected chi connectivity index (χ4v) is 4.66. The third kappa shape index (κ3) is 7.24. The maximum Gasteiger partial charge on any atom is 0.573 e. The third-order valence-corrected chi connectivity index (χ3v) is 6.82. The van der Waals surface area contributed by atoms with Crippen LogP contribution in [-0.4, -0.2) is 62.0 Å². The minimum Gasteiger partial charge on any atom is -0.406 e. The molecule has 1 aliphatic rings. The highest BCUT2D eigenvalue weighted by Gasteiger charge is 2.31. The summed E-state index contributed by atoms with van der Waals surface area (Å²) in [6, 6.07) is 15.7. The molecule has 1 saturated heterocycles. The lowest BCUT2D eigenvalue weighted by atomic mass is 10.1. The lowest BCUT2D eigenvalue weighted by Gasteiger charge is -2.29. The van der Waals surface area contributed by atoms with Crippen LogP contribution in [-0.2, 0) is 13.0 Å². The summed E-state index contributed by atoms with van der Waals surface area (Å²) >= 11 is 0. The first kappa shape index (κ1) is 26.9. The van der Waals surface area contributed by atoms with Gasteiger partial charge in [-0.3, -0.25) is 4.68 Å². The number of aliphatic hydroxyl groups is 1. The third-order valence-electron chi connectivity index (χ3n) is 6.82. The maximum atomic E-state index is 12.4. The van der Waals surface area contributed by atoms with Gasteiger partial charge in [-0.15, -0.1) is 13.2 Å². The maximum absolute atomic E-state index is 12.4. The highest BCUT2D eigenvalue weighted by atomic mass is 19.4. The first-order valence-corrected chi connectivity index (χ1v) is 12.9. The Morgan fingerprint density at radius 3 is 2.41 bits per heavy atom. The molecule has 0 aliphatic carbocycles. The van der Waals surface area contributed by atoms with Crippen molar-refractivity contribution < 1.29 is 27.5 Å². The topological polar surface area (TPSA) is 89.4 Å². The minimum absolute atomic E-state index is 0.135. The number of aryl methyl sites for hydroxylation is 2. The number of aromatic nitrogens is 4. The molecule has 0 saturated carbocycles. The molecule has 1 N–H and O–H groups in total. The molecule has 11 heteroatoms. The molecular formula is C28H30F3N5O3. The summed E-state index contributed by atoms with van der Waals surface area (Å²) in [5, 5.41) is 18.2. The molecule has 0 amide bonds. The molecule has 3 heterocycles. The van der Waals surface area contributed by atoms with E-state index in [2.05, 4.69) is 49.1 Å². The Morgan fingerprint density at radius 1 is 1.03 bits per heavy atom. The zero-order chi connectivity index (χ0) is 27.4. The van der Waals surface area contributed by atoms with Crippen LogP contribution in [0.4, 0.5) is 13.2 Å². The van der Waals surface area contributed by atoms with Crippen LogP contribution in [0.2, 0.25) is 0 Å². The van der Waals surface area contributed by atoms with E-state index in [-0.39, 0.29) is 23.6 Å². The van der Waals surface area contributed by atoms with E-state index in [0.29, 0.717) is 17.8 Å². The SMILES string of the molecule is Cc1cc(-c2nc(-c3ccc(OC(F)(F)F)cc3)no2)nn1Cc1ccc(CCCN2CCC(O)CC2)cc1. The summed E-state index contributed by atoms with van der Waals surface area (Å²) in [5.41, 5.74) is 4.35. The molecule has 206 valence electrons. The molecule has 2 aromatic heterocycles. The Bertz CT molecular complexity index is 1360. The lowest BCUT2D eigenvalue weighted by molar-refractivity contribution is -0.274. The van der Waals surface area contributed by atoms with Crippen LogP contribution >= 0.6 is 0 Å². The fraction of sp³-hybridized carbons (Fsp3) is 0.393. The Balaban J connectivity index is 1.17. The highest BCUT2D eigenvalue weighted by molar-refractivity contribution is 5.59. The van der Waals surface area contributed by atoms with Gasteiger partial charge in [-0.05, 0) is 80.6 Å². The second-order valence-corrected chi connectivity index (χ2v) is 9.82. The molecule has 5 rings (SSSR count). The van der Waals surface area contributed by atoms with Crippen LogP contribution in [0.1, 0.15) is 36.1 Å². The Kier molecular flexibility index (Phi) is 7.99. The molecule has 4 aromatic rings. The summed E-state index contributed by atoms with van der Waals surface area (Å²) in [5.74, 6) is 0.140. The molecule has 0 bridgehead atoms. The van der Waals surface area contributed by atoms with Crippen LogP contribution in [0.15, 0.2) is 59.1 Å². The molecule has 1 fully saturated rings. The van der Waals surface area contributed by atoms with E-state index in [4.69, 9.17) is 4.52 Å². The lowest BCUT2D eigenvalue weighted by Crippen LogP contribution is -2.36. The van der Waals surface area contributed by atoms with Gasteiger partial charge in [0.05, 0.1) is 12.6 Å². The highest BCUT2D eigenvalue weighted by Crippen LogP contribution is 2.27. The summed E-state index contributed by atoms with van der Waals surface area (Å²) in [6.45, 7) is 5.54. The van der Waals surface area contributed by atoms with E-state index < -0.39 is 6.36 Å². The number of nitrogens with zero attached hydrogens (tertiary/aromatic N) is 5. The van der Waals surface area contributed by atoms with Crippen LogP contribution < -0.4 is 4.74 Å². The molecular weight excluding hydrogens is 511 g/mol. The van der Waals surface area contributed by atoms with Crippen molar-refractivity contribution in [1.29, 1.82) is 0 Å². The number of hydrogen-bond acceptors (Lipinski definition) is 7. The Morgan fingerprint density at radius 2 is 1.72 bits per heavy atom. The van der Waals surface area contributed by atoms with E-state index in [9.17, 15) is 18.3 Å². The minimum atomic E-state index is -4.75. The van der Waals surface area contributed by atoms with E-state index in [1.54, 1.807) is 0 Å². The molecule has 2 aromatic carbocycles. The molecule has 0 unspecified atom stereocenters.